The van der Waals surface area contributed by atoms with E-state index in [-0.39, 0.29) is 19.4 Å². The second kappa shape index (κ2) is 8.57. The van der Waals surface area contributed by atoms with E-state index in [1.54, 1.807) is 12.1 Å². The third kappa shape index (κ3) is 6.42. The predicted molar refractivity (Wildman–Crippen MR) is 74.0 cm³/mol. The summed E-state index contributed by atoms with van der Waals surface area (Å²) < 4.78 is 9.42. The van der Waals surface area contributed by atoms with Gasteiger partial charge in [-0.05, 0) is 12.0 Å². The zero-order chi connectivity index (χ0) is 15.7. The molecule has 114 valence electrons. The van der Waals surface area contributed by atoms with Gasteiger partial charge in [-0.2, -0.15) is 0 Å². The number of rotatable bonds is 7. The maximum absolute atomic E-state index is 11.6. The monoisotopic (exact) mass is 294 g/mol. The Balaban J connectivity index is 2.41. The fourth-order valence-electron chi connectivity index (χ4n) is 1.56. The van der Waals surface area contributed by atoms with Crippen LogP contribution >= 0.6 is 0 Å². The van der Waals surface area contributed by atoms with Gasteiger partial charge in [0.2, 0.25) is 5.91 Å². The molecule has 1 rings (SSSR count). The number of amides is 2. The first-order chi connectivity index (χ1) is 10.0. The molecule has 1 aromatic carbocycles. The van der Waals surface area contributed by atoms with Crippen LogP contribution in [-0.2, 0) is 25.7 Å². The van der Waals surface area contributed by atoms with Crippen molar-refractivity contribution in [3.05, 3.63) is 35.9 Å². The average molecular weight is 294 g/mol. The van der Waals surface area contributed by atoms with Crippen molar-refractivity contribution in [3.63, 3.8) is 0 Å². The van der Waals surface area contributed by atoms with Gasteiger partial charge in [-0.3, -0.25) is 9.59 Å². The number of ether oxygens (including phenoxy) is 2. The van der Waals surface area contributed by atoms with Crippen LogP contribution in [0.25, 0.3) is 0 Å². The van der Waals surface area contributed by atoms with E-state index in [0.29, 0.717) is 0 Å². The number of nitrogens with two attached hydrogens (primary N) is 1. The van der Waals surface area contributed by atoms with Crippen LogP contribution in [-0.4, -0.2) is 31.1 Å². The maximum atomic E-state index is 11.6. The first-order valence-corrected chi connectivity index (χ1v) is 6.36. The summed E-state index contributed by atoms with van der Waals surface area (Å²) >= 11 is 0. The highest BCUT2D eigenvalue weighted by atomic mass is 16.5. The van der Waals surface area contributed by atoms with Crippen molar-refractivity contribution in [2.45, 2.75) is 25.5 Å². The Kier molecular flexibility index (Phi) is 6.73. The third-order valence-corrected chi connectivity index (χ3v) is 2.71. The lowest BCUT2D eigenvalue weighted by Gasteiger charge is -2.14. The summed E-state index contributed by atoms with van der Waals surface area (Å²) in [5.74, 6) is -1.23. The van der Waals surface area contributed by atoms with Crippen molar-refractivity contribution in [1.82, 2.24) is 5.32 Å². The minimum absolute atomic E-state index is 0.0247. The van der Waals surface area contributed by atoms with Gasteiger partial charge in [-0.1, -0.05) is 30.3 Å². The Bertz CT molecular complexity index is 489. The zero-order valence-electron chi connectivity index (χ0n) is 11.7. The van der Waals surface area contributed by atoms with Gasteiger partial charge in [0, 0.05) is 6.42 Å². The average Bonchev–Trinajstić information content (AvgIpc) is 2.49. The molecule has 0 aromatic heterocycles. The second-order valence-electron chi connectivity index (χ2n) is 4.28. The van der Waals surface area contributed by atoms with Crippen LogP contribution in [0.2, 0.25) is 0 Å². The van der Waals surface area contributed by atoms with Crippen LogP contribution < -0.4 is 11.1 Å². The van der Waals surface area contributed by atoms with Crippen molar-refractivity contribution in [2.24, 2.45) is 5.73 Å². The molecular weight excluding hydrogens is 276 g/mol. The molecular formula is C14H18N2O5. The highest BCUT2D eigenvalue weighted by molar-refractivity contribution is 5.84. The van der Waals surface area contributed by atoms with Crippen LogP contribution in [0.3, 0.4) is 0 Å². The Labute approximate surface area is 122 Å². The van der Waals surface area contributed by atoms with E-state index in [1.807, 2.05) is 18.2 Å². The summed E-state index contributed by atoms with van der Waals surface area (Å²) in [5.41, 5.74) is 5.98. The van der Waals surface area contributed by atoms with Gasteiger partial charge in [0.1, 0.15) is 12.6 Å². The number of benzene rings is 1. The molecule has 7 nitrogen and oxygen atoms in total. The predicted octanol–water partition coefficient (Wildman–Crippen LogP) is 0.720. The molecule has 21 heavy (non-hydrogen) atoms. The first-order valence-electron chi connectivity index (χ1n) is 6.36. The van der Waals surface area contributed by atoms with Crippen LogP contribution in [0, 0.1) is 0 Å². The molecule has 0 aliphatic carbocycles. The molecule has 0 radical (unpaired) electrons. The molecule has 1 unspecified atom stereocenters. The van der Waals surface area contributed by atoms with E-state index in [4.69, 9.17) is 10.5 Å². The summed E-state index contributed by atoms with van der Waals surface area (Å²) in [5, 5.41) is 2.32. The van der Waals surface area contributed by atoms with Gasteiger partial charge >= 0.3 is 12.1 Å². The fourth-order valence-corrected chi connectivity index (χ4v) is 1.56. The molecule has 0 fully saturated rings. The Morgan fingerprint density at radius 1 is 1.24 bits per heavy atom. The van der Waals surface area contributed by atoms with Crippen molar-refractivity contribution in [3.8, 4) is 0 Å². The molecule has 0 bridgehead atoms. The summed E-state index contributed by atoms with van der Waals surface area (Å²) in [7, 11) is 1.24. The number of hydrogen-bond acceptors (Lipinski definition) is 5. The zero-order valence-corrected chi connectivity index (χ0v) is 11.7. The number of carbonyl (C=O) groups is 3. The smallest absolute Gasteiger partial charge is 0.408 e. The van der Waals surface area contributed by atoms with E-state index in [9.17, 15) is 14.4 Å². The number of primary amides is 1. The molecule has 0 heterocycles. The lowest BCUT2D eigenvalue weighted by molar-refractivity contribution is -0.140. The van der Waals surface area contributed by atoms with Gasteiger partial charge in [-0.25, -0.2) is 4.79 Å². The SMILES string of the molecule is COC(=O)CCC(NC(=O)OCc1ccccc1)C(N)=O. The molecule has 0 saturated carbocycles. The van der Waals surface area contributed by atoms with E-state index in [0.717, 1.165) is 5.56 Å². The number of alkyl carbamates (subject to hydrolysis) is 1. The summed E-state index contributed by atoms with van der Waals surface area (Å²) in [6, 6.07) is 8.11. The normalized spacial score (nSPS) is 11.3. The van der Waals surface area contributed by atoms with Crippen molar-refractivity contribution in [2.75, 3.05) is 7.11 Å². The number of carbonyl (C=O) groups excluding carboxylic acids is 3. The Morgan fingerprint density at radius 3 is 2.48 bits per heavy atom. The highest BCUT2D eigenvalue weighted by Crippen LogP contribution is 2.02. The molecule has 3 N–H and O–H groups in total. The summed E-state index contributed by atoms with van der Waals surface area (Å²) in [6.45, 7) is 0.0785. The van der Waals surface area contributed by atoms with Crippen LogP contribution in [0.4, 0.5) is 4.79 Å². The van der Waals surface area contributed by atoms with Gasteiger partial charge in [0.05, 0.1) is 7.11 Å². The number of methoxy groups -OCH3 is 1. The van der Waals surface area contributed by atoms with Crippen LogP contribution in [0.1, 0.15) is 18.4 Å². The topological polar surface area (TPSA) is 108 Å². The van der Waals surface area contributed by atoms with Gasteiger partial charge < -0.3 is 20.5 Å². The third-order valence-electron chi connectivity index (χ3n) is 2.71. The van der Waals surface area contributed by atoms with Gasteiger partial charge in [0.15, 0.2) is 0 Å². The number of hydrogen-bond donors (Lipinski definition) is 2. The summed E-state index contributed by atoms with van der Waals surface area (Å²) in [6.07, 6.45) is -0.738. The van der Waals surface area contributed by atoms with E-state index in [1.165, 1.54) is 7.11 Å². The van der Waals surface area contributed by atoms with Crippen molar-refractivity contribution in [1.29, 1.82) is 0 Å². The van der Waals surface area contributed by atoms with Crippen molar-refractivity contribution >= 4 is 18.0 Å². The molecule has 0 saturated heterocycles. The largest absolute Gasteiger partial charge is 0.469 e. The maximum Gasteiger partial charge on any atom is 0.408 e. The lowest BCUT2D eigenvalue weighted by atomic mass is 10.1. The molecule has 0 aliphatic rings. The van der Waals surface area contributed by atoms with Crippen LogP contribution in [0.15, 0.2) is 30.3 Å². The van der Waals surface area contributed by atoms with Gasteiger partial charge in [0.25, 0.3) is 0 Å². The molecule has 1 atom stereocenters. The van der Waals surface area contributed by atoms with Crippen LogP contribution in [0.5, 0.6) is 0 Å². The Morgan fingerprint density at radius 2 is 1.90 bits per heavy atom. The van der Waals surface area contributed by atoms with Crippen molar-refractivity contribution < 1.29 is 23.9 Å². The first kappa shape index (κ1) is 16.5. The Hall–Kier alpha value is -2.57. The number of nitrogens with one attached hydrogen (secondary N) is 1. The quantitative estimate of drug-likeness (QED) is 0.720. The minimum atomic E-state index is -0.979. The van der Waals surface area contributed by atoms with E-state index in [2.05, 4.69) is 10.1 Å². The lowest BCUT2D eigenvalue weighted by Crippen LogP contribution is -2.44. The minimum Gasteiger partial charge on any atom is -0.469 e. The molecule has 7 heteroatoms. The highest BCUT2D eigenvalue weighted by Gasteiger charge is 2.20. The summed E-state index contributed by atoms with van der Waals surface area (Å²) in [4.78, 5) is 33.8. The van der Waals surface area contributed by atoms with E-state index < -0.39 is 24.0 Å². The standard InChI is InChI=1S/C14H18N2O5/c1-20-12(17)8-7-11(13(15)18)16-14(19)21-9-10-5-3-2-4-6-10/h2-6,11H,7-9H2,1H3,(H2,15,18)(H,16,19). The molecule has 1 aromatic rings. The number of esters is 1. The van der Waals surface area contributed by atoms with E-state index >= 15 is 0 Å². The molecule has 0 aliphatic heterocycles. The molecule has 2 amide bonds. The van der Waals surface area contributed by atoms with Gasteiger partial charge in [-0.15, -0.1) is 0 Å². The molecule has 0 spiro atoms. The fraction of sp³-hybridized carbons (Fsp3) is 0.357. The second-order valence-corrected chi connectivity index (χ2v) is 4.28.